The lowest BCUT2D eigenvalue weighted by Crippen LogP contribution is -2.37. The second-order valence-corrected chi connectivity index (χ2v) is 7.53. The quantitative estimate of drug-likeness (QED) is 0.595. The first-order chi connectivity index (χ1) is 8.03. The van der Waals surface area contributed by atoms with Crippen molar-refractivity contribution in [2.45, 2.75) is 25.0 Å². The van der Waals surface area contributed by atoms with Gasteiger partial charge in [0.1, 0.15) is 24.9 Å². The normalized spacial score (nSPS) is 25.1. The van der Waals surface area contributed by atoms with Crippen LogP contribution < -0.4 is 0 Å². The van der Waals surface area contributed by atoms with Gasteiger partial charge in [0, 0.05) is 13.1 Å². The van der Waals surface area contributed by atoms with Gasteiger partial charge in [-0.2, -0.15) is 9.55 Å². The number of aromatic nitrogens is 3. The minimum absolute atomic E-state index is 0.00259. The number of nitrogens with zero attached hydrogens (tertiary/aromatic N) is 5. The molecule has 6 nitrogen and oxygen atoms in total. The summed E-state index contributed by atoms with van der Waals surface area (Å²) in [4.78, 5) is 7.95. The number of rotatable bonds is 3. The van der Waals surface area contributed by atoms with E-state index >= 15 is 0 Å². The molecule has 0 spiro atoms. The van der Waals surface area contributed by atoms with Gasteiger partial charge in [0.15, 0.2) is 7.29 Å². The molecule has 0 saturated heterocycles. The highest BCUT2D eigenvalue weighted by Gasteiger charge is 2.37. The molecule has 0 amide bonds. The van der Waals surface area contributed by atoms with Gasteiger partial charge in [-0.15, -0.1) is 0 Å². The molecule has 17 heavy (non-hydrogen) atoms. The highest BCUT2D eigenvalue weighted by atomic mass is 31.2. The SMILES string of the molecule is CC(C1CC=NC=[N+]1C)P(C)(=O)n1cncn1. The molecule has 3 atom stereocenters. The Labute approximate surface area is 101 Å². The number of hydrogen-bond acceptors (Lipinski definition) is 4. The van der Waals surface area contributed by atoms with Crippen LogP contribution in [0.4, 0.5) is 0 Å². The van der Waals surface area contributed by atoms with Crippen LogP contribution in [-0.2, 0) is 4.57 Å². The van der Waals surface area contributed by atoms with Gasteiger partial charge in [-0.3, -0.25) is 9.14 Å². The Balaban J connectivity index is 2.26. The second kappa shape index (κ2) is 4.53. The Morgan fingerprint density at radius 2 is 2.35 bits per heavy atom. The minimum atomic E-state index is -2.57. The lowest BCUT2D eigenvalue weighted by atomic mass is 10.1. The number of aliphatic imine (C=N–C) groups is 1. The molecule has 2 rings (SSSR count). The standard InChI is InChI=1S/C10H17N5OP/c1-9(10-4-5-11-7-14(10)2)17(3,16)15-8-12-6-13-15/h5-10H,4H2,1-3H3/q+1. The fraction of sp³-hybridized carbons (Fsp3) is 0.600. The summed E-state index contributed by atoms with van der Waals surface area (Å²) in [5, 5.41) is 4.01. The van der Waals surface area contributed by atoms with Gasteiger partial charge in [-0.1, -0.05) is 4.99 Å². The highest BCUT2D eigenvalue weighted by Crippen LogP contribution is 2.49. The maximum atomic E-state index is 12.8. The first-order valence-electron chi connectivity index (χ1n) is 5.53. The van der Waals surface area contributed by atoms with E-state index in [9.17, 15) is 4.57 Å². The predicted octanol–water partition coefficient (Wildman–Crippen LogP) is 0.936. The van der Waals surface area contributed by atoms with Crippen molar-refractivity contribution >= 4 is 19.8 Å². The van der Waals surface area contributed by atoms with Gasteiger partial charge in [0.25, 0.3) is 6.34 Å². The third-order valence-electron chi connectivity index (χ3n) is 3.35. The molecular formula is C10H17N5OP+. The van der Waals surface area contributed by atoms with Crippen LogP contribution in [0, 0.1) is 0 Å². The van der Waals surface area contributed by atoms with E-state index in [4.69, 9.17) is 0 Å². The summed E-state index contributed by atoms with van der Waals surface area (Å²) < 4.78 is 16.3. The van der Waals surface area contributed by atoms with E-state index in [1.807, 2.05) is 24.8 Å². The molecule has 1 aromatic heterocycles. The topological polar surface area (TPSA) is 63.1 Å². The second-order valence-electron chi connectivity index (χ2n) is 4.42. The zero-order valence-electron chi connectivity index (χ0n) is 10.3. The molecule has 0 bridgehead atoms. The Morgan fingerprint density at radius 3 is 2.94 bits per heavy atom. The molecule has 0 aromatic carbocycles. The van der Waals surface area contributed by atoms with Crippen LogP contribution in [0.3, 0.4) is 0 Å². The Bertz CT molecular complexity index is 493. The molecule has 1 aromatic rings. The van der Waals surface area contributed by atoms with Crippen LogP contribution in [0.1, 0.15) is 13.3 Å². The molecule has 1 aliphatic heterocycles. The van der Waals surface area contributed by atoms with Gasteiger partial charge in [0.05, 0.1) is 12.7 Å². The van der Waals surface area contributed by atoms with Crippen molar-refractivity contribution in [2.24, 2.45) is 4.99 Å². The van der Waals surface area contributed by atoms with Crippen molar-refractivity contribution < 1.29 is 9.14 Å². The Hall–Kier alpha value is -1.29. The van der Waals surface area contributed by atoms with E-state index < -0.39 is 7.29 Å². The molecule has 0 N–H and O–H groups in total. The van der Waals surface area contributed by atoms with E-state index in [0.717, 1.165) is 6.42 Å². The van der Waals surface area contributed by atoms with Crippen molar-refractivity contribution in [3.8, 4) is 0 Å². The van der Waals surface area contributed by atoms with Gasteiger partial charge < -0.3 is 0 Å². The third-order valence-corrected chi connectivity index (χ3v) is 6.23. The van der Waals surface area contributed by atoms with Gasteiger partial charge in [-0.05, 0) is 6.92 Å². The van der Waals surface area contributed by atoms with E-state index in [0.29, 0.717) is 0 Å². The van der Waals surface area contributed by atoms with Crippen LogP contribution in [-0.4, -0.2) is 57.1 Å². The van der Waals surface area contributed by atoms with E-state index in [2.05, 4.69) is 15.1 Å². The molecule has 0 saturated carbocycles. The summed E-state index contributed by atoms with van der Waals surface area (Å²) >= 11 is 0. The summed E-state index contributed by atoms with van der Waals surface area (Å²) in [7, 11) is -0.617. The lowest BCUT2D eigenvalue weighted by molar-refractivity contribution is -0.533. The molecule has 2 heterocycles. The third kappa shape index (κ3) is 2.22. The molecule has 0 radical (unpaired) electrons. The number of hydrogen-bond donors (Lipinski definition) is 0. The van der Waals surface area contributed by atoms with E-state index in [1.165, 1.54) is 17.1 Å². The van der Waals surface area contributed by atoms with Crippen LogP contribution in [0.2, 0.25) is 0 Å². The maximum Gasteiger partial charge on any atom is 0.281 e. The predicted molar refractivity (Wildman–Crippen MR) is 67.6 cm³/mol. The zero-order chi connectivity index (χ0) is 12.5. The summed E-state index contributed by atoms with van der Waals surface area (Å²) in [5.41, 5.74) is -0.00259. The zero-order valence-corrected chi connectivity index (χ0v) is 11.2. The first kappa shape index (κ1) is 12.2. The maximum absolute atomic E-state index is 12.8. The van der Waals surface area contributed by atoms with E-state index in [1.54, 1.807) is 13.0 Å². The van der Waals surface area contributed by atoms with Gasteiger partial charge in [0.2, 0.25) is 0 Å². The van der Waals surface area contributed by atoms with Crippen LogP contribution in [0.5, 0.6) is 0 Å². The minimum Gasteiger partial charge on any atom is -0.298 e. The van der Waals surface area contributed by atoms with Gasteiger partial charge >= 0.3 is 0 Å². The summed E-state index contributed by atoms with van der Waals surface area (Å²) in [6.45, 7) is 3.75. The molecule has 1 aliphatic rings. The van der Waals surface area contributed by atoms with Crippen molar-refractivity contribution in [1.82, 2.24) is 14.5 Å². The van der Waals surface area contributed by atoms with Crippen LogP contribution >= 0.6 is 7.29 Å². The largest absolute Gasteiger partial charge is 0.298 e. The van der Waals surface area contributed by atoms with Crippen molar-refractivity contribution in [3.63, 3.8) is 0 Å². The average Bonchev–Trinajstić information content (AvgIpc) is 2.83. The van der Waals surface area contributed by atoms with Crippen molar-refractivity contribution in [1.29, 1.82) is 0 Å². The molecule has 3 unspecified atom stereocenters. The van der Waals surface area contributed by atoms with Crippen LogP contribution in [0.15, 0.2) is 17.6 Å². The Morgan fingerprint density at radius 1 is 1.59 bits per heavy atom. The van der Waals surface area contributed by atoms with Gasteiger partial charge in [-0.25, -0.2) is 4.98 Å². The molecule has 0 fully saturated rings. The van der Waals surface area contributed by atoms with Crippen LogP contribution in [0.25, 0.3) is 0 Å². The molecule has 7 heteroatoms. The molecule has 0 aliphatic carbocycles. The smallest absolute Gasteiger partial charge is 0.281 e. The fourth-order valence-corrected chi connectivity index (χ4v) is 3.88. The van der Waals surface area contributed by atoms with E-state index in [-0.39, 0.29) is 11.7 Å². The Kier molecular flexibility index (Phi) is 3.24. The van der Waals surface area contributed by atoms with Crippen molar-refractivity contribution in [3.05, 3.63) is 12.7 Å². The van der Waals surface area contributed by atoms with Crippen molar-refractivity contribution in [2.75, 3.05) is 13.7 Å². The summed E-state index contributed by atoms with van der Waals surface area (Å²) in [6.07, 6.45) is 7.38. The summed E-state index contributed by atoms with van der Waals surface area (Å²) in [5.74, 6) is 0. The fourth-order valence-electron chi connectivity index (χ4n) is 2.02. The lowest BCUT2D eigenvalue weighted by Gasteiger charge is -2.27. The first-order valence-corrected chi connectivity index (χ1v) is 7.70. The molecular weight excluding hydrogens is 237 g/mol. The monoisotopic (exact) mass is 254 g/mol. The average molecular weight is 254 g/mol. The summed E-state index contributed by atoms with van der Waals surface area (Å²) in [6, 6.07) is 0.188. The highest BCUT2D eigenvalue weighted by molar-refractivity contribution is 7.62. The molecule has 92 valence electrons.